The van der Waals surface area contributed by atoms with E-state index in [0.29, 0.717) is 13.2 Å². The first-order chi connectivity index (χ1) is 14.7. The molecule has 1 aromatic heterocycles. The second kappa shape index (κ2) is 8.32. The van der Waals surface area contributed by atoms with E-state index in [0.717, 1.165) is 55.4 Å². The number of benzene rings is 2. The summed E-state index contributed by atoms with van der Waals surface area (Å²) in [6, 6.07) is 18.8. The van der Waals surface area contributed by atoms with Crippen LogP contribution in [0.4, 0.5) is 5.82 Å². The fraction of sp³-hybridized carbons (Fsp3) is 0.375. The van der Waals surface area contributed by atoms with Gasteiger partial charge in [-0.25, -0.2) is 4.98 Å². The van der Waals surface area contributed by atoms with Crippen LogP contribution in [0.5, 0.6) is 0 Å². The highest BCUT2D eigenvalue weighted by Gasteiger charge is 2.25. The quantitative estimate of drug-likeness (QED) is 0.677. The molecule has 0 aliphatic carbocycles. The van der Waals surface area contributed by atoms with Crippen molar-refractivity contribution in [1.82, 2.24) is 9.88 Å². The van der Waals surface area contributed by atoms with Gasteiger partial charge in [-0.2, -0.15) is 0 Å². The van der Waals surface area contributed by atoms with Crippen molar-refractivity contribution < 1.29 is 9.80 Å². The predicted molar refractivity (Wildman–Crippen MR) is 119 cm³/mol. The van der Waals surface area contributed by atoms with Gasteiger partial charge in [-0.15, -0.1) is 0 Å². The number of nitrogens with zero attached hydrogens (tertiary/aromatic N) is 3. The molecule has 3 aromatic rings. The molecule has 0 saturated carbocycles. The van der Waals surface area contributed by atoms with Crippen LogP contribution in [0, 0.1) is 5.21 Å². The second-order valence-corrected chi connectivity index (χ2v) is 8.06. The summed E-state index contributed by atoms with van der Waals surface area (Å²) in [6.45, 7) is 8.48. The molecular weight excluding hydrogens is 376 g/mol. The van der Waals surface area contributed by atoms with Gasteiger partial charge in [0.15, 0.2) is 0 Å². The van der Waals surface area contributed by atoms with Gasteiger partial charge in [-0.3, -0.25) is 0 Å². The number of hydrogen-bond acceptors (Lipinski definition) is 5. The average Bonchev–Trinajstić information content (AvgIpc) is 3.24. The van der Waals surface area contributed by atoms with Crippen molar-refractivity contribution in [2.45, 2.75) is 13.2 Å². The predicted octanol–water partition coefficient (Wildman–Crippen LogP) is 2.46. The van der Waals surface area contributed by atoms with Crippen LogP contribution in [0.25, 0.3) is 22.0 Å². The number of pyridine rings is 1. The number of hydroxylamine groups is 2. The largest absolute Gasteiger partial charge is 0.632 e. The van der Waals surface area contributed by atoms with Crippen LogP contribution in [-0.4, -0.2) is 55.8 Å². The highest BCUT2D eigenvalue weighted by molar-refractivity contribution is 5.95. The fourth-order valence-corrected chi connectivity index (χ4v) is 4.46. The number of fused-ring (bicyclic) bond motifs is 1. The summed E-state index contributed by atoms with van der Waals surface area (Å²) >= 11 is 0. The Hall–Kier alpha value is -2.51. The molecular formula is C24H28N4O2. The minimum atomic E-state index is -0.408. The molecule has 0 radical (unpaired) electrons. The number of anilines is 1. The molecule has 6 heteroatoms. The summed E-state index contributed by atoms with van der Waals surface area (Å²) in [5.41, 5.74) is 2.95. The maximum atomic E-state index is 12.0. The third-order valence-electron chi connectivity index (χ3n) is 6.27. The van der Waals surface area contributed by atoms with Gasteiger partial charge in [-0.05, 0) is 30.1 Å². The summed E-state index contributed by atoms with van der Waals surface area (Å²) in [4.78, 5) is 9.99. The first-order valence-electron chi connectivity index (χ1n) is 10.8. The van der Waals surface area contributed by atoms with Crippen molar-refractivity contribution in [3.63, 3.8) is 0 Å². The van der Waals surface area contributed by atoms with Gasteiger partial charge in [0.1, 0.15) is 19.0 Å². The third-order valence-corrected chi connectivity index (χ3v) is 6.27. The Morgan fingerprint density at radius 1 is 1.07 bits per heavy atom. The van der Waals surface area contributed by atoms with Crippen molar-refractivity contribution in [3.8, 4) is 11.3 Å². The SMILES string of the molecule is CCN1CCN(c2nc(-c3ccc(C4OCC[NH+]4[O-])cc3)cc3ccccc23)CC1. The van der Waals surface area contributed by atoms with E-state index >= 15 is 0 Å². The molecule has 3 heterocycles. The average molecular weight is 405 g/mol. The van der Waals surface area contributed by atoms with Crippen LogP contribution in [0.1, 0.15) is 18.7 Å². The Morgan fingerprint density at radius 3 is 2.53 bits per heavy atom. The molecule has 0 amide bonds. The molecule has 6 nitrogen and oxygen atoms in total. The van der Waals surface area contributed by atoms with E-state index in [1.165, 1.54) is 10.8 Å². The number of aromatic nitrogens is 1. The van der Waals surface area contributed by atoms with Crippen molar-refractivity contribution in [2.24, 2.45) is 0 Å². The maximum absolute atomic E-state index is 12.0. The number of quaternary nitrogens is 1. The molecule has 0 spiro atoms. The van der Waals surface area contributed by atoms with E-state index in [2.05, 4.69) is 59.2 Å². The highest BCUT2D eigenvalue weighted by atomic mass is 16.6. The van der Waals surface area contributed by atoms with Crippen LogP contribution in [0.2, 0.25) is 0 Å². The van der Waals surface area contributed by atoms with Crippen molar-refractivity contribution in [1.29, 1.82) is 0 Å². The molecule has 2 atom stereocenters. The first kappa shape index (κ1) is 19.5. The topological polar surface area (TPSA) is 56.1 Å². The van der Waals surface area contributed by atoms with Crippen LogP contribution in [0.3, 0.4) is 0 Å². The standard InChI is InChI=1S/C24H28N4O2/c1-2-26-11-13-27(14-12-26)23-21-6-4-3-5-20(21)17-22(25-23)18-7-9-19(10-8-18)24-28(29)15-16-30-24/h3-10,17,24,28H,2,11-16H2,1H3. The Balaban J connectivity index is 1.49. The fourth-order valence-electron chi connectivity index (χ4n) is 4.46. The van der Waals surface area contributed by atoms with Gasteiger partial charge in [0.2, 0.25) is 6.23 Å². The van der Waals surface area contributed by atoms with Gasteiger partial charge < -0.3 is 24.8 Å². The lowest BCUT2D eigenvalue weighted by Gasteiger charge is -2.35. The molecule has 1 N–H and O–H groups in total. The molecule has 5 rings (SSSR count). The van der Waals surface area contributed by atoms with E-state index in [1.54, 1.807) is 0 Å². The Morgan fingerprint density at radius 2 is 1.83 bits per heavy atom. The molecule has 2 aromatic carbocycles. The highest BCUT2D eigenvalue weighted by Crippen LogP contribution is 2.31. The maximum Gasteiger partial charge on any atom is 0.218 e. The molecule has 2 aliphatic heterocycles. The van der Waals surface area contributed by atoms with E-state index in [9.17, 15) is 5.21 Å². The first-order valence-corrected chi connectivity index (χ1v) is 10.8. The van der Waals surface area contributed by atoms with Crippen molar-refractivity contribution >= 4 is 16.6 Å². The lowest BCUT2D eigenvalue weighted by Crippen LogP contribution is -3.05. The van der Waals surface area contributed by atoms with Crippen LogP contribution in [0.15, 0.2) is 54.6 Å². The molecule has 156 valence electrons. The molecule has 2 aliphatic rings. The van der Waals surface area contributed by atoms with Gasteiger partial charge in [0, 0.05) is 42.7 Å². The Kier molecular flexibility index (Phi) is 5.39. The summed E-state index contributed by atoms with van der Waals surface area (Å²) in [6.07, 6.45) is -0.408. The Labute approximate surface area is 177 Å². The van der Waals surface area contributed by atoms with Crippen LogP contribution >= 0.6 is 0 Å². The zero-order valence-electron chi connectivity index (χ0n) is 17.4. The zero-order valence-corrected chi connectivity index (χ0v) is 17.4. The molecule has 30 heavy (non-hydrogen) atoms. The summed E-state index contributed by atoms with van der Waals surface area (Å²) < 4.78 is 5.60. The minimum absolute atomic E-state index is 0.167. The van der Waals surface area contributed by atoms with Gasteiger partial charge in [0.05, 0.1) is 5.69 Å². The second-order valence-electron chi connectivity index (χ2n) is 8.06. The van der Waals surface area contributed by atoms with Crippen LogP contribution in [-0.2, 0) is 4.74 Å². The Bertz CT molecular complexity index is 1020. The van der Waals surface area contributed by atoms with Gasteiger partial charge >= 0.3 is 0 Å². The van der Waals surface area contributed by atoms with Crippen LogP contribution < -0.4 is 9.96 Å². The van der Waals surface area contributed by atoms with Gasteiger partial charge in [0.25, 0.3) is 0 Å². The monoisotopic (exact) mass is 404 g/mol. The number of ether oxygens (including phenoxy) is 1. The van der Waals surface area contributed by atoms with Crippen molar-refractivity contribution in [2.75, 3.05) is 50.8 Å². The van der Waals surface area contributed by atoms with E-state index in [4.69, 9.17) is 9.72 Å². The summed E-state index contributed by atoms with van der Waals surface area (Å²) in [5.74, 6) is 1.07. The molecule has 2 saturated heterocycles. The number of hydrogen-bond donors (Lipinski definition) is 1. The number of nitrogens with one attached hydrogen (secondary N) is 1. The normalized spacial score (nSPS) is 22.7. The number of piperazine rings is 1. The summed E-state index contributed by atoms with van der Waals surface area (Å²) in [5, 5.41) is 14.6. The lowest BCUT2D eigenvalue weighted by molar-refractivity contribution is -0.882. The lowest BCUT2D eigenvalue weighted by atomic mass is 10.0. The zero-order chi connectivity index (χ0) is 20.5. The van der Waals surface area contributed by atoms with Crippen molar-refractivity contribution in [3.05, 3.63) is 65.4 Å². The third kappa shape index (κ3) is 3.68. The smallest absolute Gasteiger partial charge is 0.218 e. The minimum Gasteiger partial charge on any atom is -0.632 e. The summed E-state index contributed by atoms with van der Waals surface area (Å²) in [7, 11) is 0. The van der Waals surface area contributed by atoms with E-state index in [-0.39, 0.29) is 5.06 Å². The number of rotatable bonds is 4. The van der Waals surface area contributed by atoms with E-state index < -0.39 is 6.23 Å². The van der Waals surface area contributed by atoms with Gasteiger partial charge in [-0.1, -0.05) is 43.3 Å². The number of likely N-dealkylation sites (N-methyl/N-ethyl adjacent to an activating group) is 1. The van der Waals surface area contributed by atoms with E-state index in [1.807, 2.05) is 12.1 Å². The molecule has 2 fully saturated rings. The molecule has 0 bridgehead atoms. The molecule has 2 unspecified atom stereocenters.